The molecule has 1 aromatic carbocycles. The van der Waals surface area contributed by atoms with E-state index in [1.54, 1.807) is 61.7 Å². The third-order valence-corrected chi connectivity index (χ3v) is 4.96. The van der Waals surface area contributed by atoms with E-state index in [-0.39, 0.29) is 12.0 Å². The molecule has 0 aliphatic heterocycles. The molecular weight excluding hydrogens is 424 g/mol. The number of nitrogens with zero attached hydrogens (tertiary/aromatic N) is 4. The Morgan fingerprint density at radius 3 is 2.67 bits per heavy atom. The first-order valence-electron chi connectivity index (χ1n) is 10.8. The van der Waals surface area contributed by atoms with Crippen molar-refractivity contribution in [1.82, 2.24) is 19.7 Å². The molecule has 1 aliphatic rings. The second-order valence-corrected chi connectivity index (χ2v) is 8.07. The Bertz CT molecular complexity index is 1080. The molecule has 2 N–H and O–H groups in total. The molecule has 10 heteroatoms. The number of benzene rings is 1. The van der Waals surface area contributed by atoms with Crippen LogP contribution in [-0.4, -0.2) is 52.0 Å². The minimum absolute atomic E-state index is 0.214. The van der Waals surface area contributed by atoms with Crippen molar-refractivity contribution in [2.24, 2.45) is 13.0 Å². The fourth-order valence-electron chi connectivity index (χ4n) is 3.15. The summed E-state index contributed by atoms with van der Waals surface area (Å²) in [6.45, 7) is 3.19. The van der Waals surface area contributed by atoms with Crippen LogP contribution in [0.4, 0.5) is 11.6 Å². The topological polar surface area (TPSA) is 112 Å². The average Bonchev–Trinajstić information content (AvgIpc) is 3.53. The van der Waals surface area contributed by atoms with Crippen LogP contribution in [0.15, 0.2) is 42.9 Å². The lowest BCUT2D eigenvalue weighted by molar-refractivity contribution is 0.0915. The lowest BCUT2D eigenvalue weighted by atomic mass is 10.2. The SMILES string of the molecule is COC[C@H](C)Oc1cc(Oc2cnc(NCC3CC3)cn2)cc(C(=O)Nc2ccn(C)n2)c1. The number of carbonyl (C=O) groups is 1. The predicted octanol–water partition coefficient (Wildman–Crippen LogP) is 3.49. The highest BCUT2D eigenvalue weighted by Crippen LogP contribution is 2.29. The maximum absolute atomic E-state index is 12.8. The number of anilines is 2. The van der Waals surface area contributed by atoms with Crippen LogP contribution >= 0.6 is 0 Å². The van der Waals surface area contributed by atoms with Crippen molar-refractivity contribution in [3.63, 3.8) is 0 Å². The van der Waals surface area contributed by atoms with Gasteiger partial charge in [-0.2, -0.15) is 5.10 Å². The summed E-state index contributed by atoms with van der Waals surface area (Å²) >= 11 is 0. The molecule has 10 nitrogen and oxygen atoms in total. The summed E-state index contributed by atoms with van der Waals surface area (Å²) in [5.74, 6) is 2.73. The van der Waals surface area contributed by atoms with Gasteiger partial charge >= 0.3 is 0 Å². The Hall–Kier alpha value is -3.66. The summed E-state index contributed by atoms with van der Waals surface area (Å²) in [6.07, 6.45) is 7.24. The summed E-state index contributed by atoms with van der Waals surface area (Å²) in [7, 11) is 3.38. The van der Waals surface area contributed by atoms with E-state index >= 15 is 0 Å². The first-order valence-corrected chi connectivity index (χ1v) is 10.8. The molecule has 0 spiro atoms. The maximum Gasteiger partial charge on any atom is 0.257 e. The van der Waals surface area contributed by atoms with Gasteiger partial charge < -0.3 is 24.8 Å². The molecule has 1 amide bonds. The fraction of sp³-hybridized carbons (Fsp3) is 0.391. The molecule has 0 saturated heterocycles. The maximum atomic E-state index is 12.8. The summed E-state index contributed by atoms with van der Waals surface area (Å²) in [4.78, 5) is 21.5. The third-order valence-electron chi connectivity index (χ3n) is 4.96. The summed E-state index contributed by atoms with van der Waals surface area (Å²) in [5.41, 5.74) is 0.355. The van der Waals surface area contributed by atoms with Gasteiger partial charge in [0, 0.05) is 44.6 Å². The Kier molecular flexibility index (Phi) is 7.04. The highest BCUT2D eigenvalue weighted by atomic mass is 16.5. The monoisotopic (exact) mass is 452 g/mol. The quantitative estimate of drug-likeness (QED) is 0.455. The van der Waals surface area contributed by atoms with Gasteiger partial charge in [0.2, 0.25) is 5.88 Å². The van der Waals surface area contributed by atoms with E-state index in [0.29, 0.717) is 41.2 Å². The predicted molar refractivity (Wildman–Crippen MR) is 123 cm³/mol. The zero-order valence-corrected chi connectivity index (χ0v) is 18.9. The van der Waals surface area contributed by atoms with E-state index in [1.165, 1.54) is 12.8 Å². The molecule has 174 valence electrons. The van der Waals surface area contributed by atoms with E-state index in [0.717, 1.165) is 12.5 Å². The standard InChI is InChI=1S/C23H28N6O4/c1-15(14-31-3)32-18-8-17(23(30)27-20-6-7-29(2)28-20)9-19(10-18)33-22-13-25-21(12-26-22)24-11-16-4-5-16/h6-10,12-13,15-16H,4-5,11,14H2,1-3H3,(H,24,25)(H,27,28,30)/t15-/m0/s1. The van der Waals surface area contributed by atoms with Gasteiger partial charge in [-0.1, -0.05) is 0 Å². The number of hydrogen-bond donors (Lipinski definition) is 2. The molecule has 1 atom stereocenters. The van der Waals surface area contributed by atoms with Gasteiger partial charge in [0.05, 0.1) is 19.0 Å². The van der Waals surface area contributed by atoms with Crippen LogP contribution in [0, 0.1) is 5.92 Å². The summed E-state index contributed by atoms with van der Waals surface area (Å²) in [6, 6.07) is 6.68. The highest BCUT2D eigenvalue weighted by Gasteiger charge is 2.20. The number of amides is 1. The van der Waals surface area contributed by atoms with Crippen molar-refractivity contribution < 1.29 is 19.0 Å². The number of nitrogens with one attached hydrogen (secondary N) is 2. The minimum atomic E-state index is -0.339. The summed E-state index contributed by atoms with van der Waals surface area (Å²) < 4.78 is 18.5. The first kappa shape index (κ1) is 22.5. The third kappa shape index (κ3) is 6.66. The van der Waals surface area contributed by atoms with Crippen molar-refractivity contribution in [2.45, 2.75) is 25.9 Å². The smallest absolute Gasteiger partial charge is 0.257 e. The number of methoxy groups -OCH3 is 1. The van der Waals surface area contributed by atoms with Crippen LogP contribution in [0.25, 0.3) is 0 Å². The van der Waals surface area contributed by atoms with Crippen LogP contribution in [0.1, 0.15) is 30.1 Å². The molecule has 4 rings (SSSR count). The molecule has 1 saturated carbocycles. The molecule has 3 aromatic rings. The van der Waals surface area contributed by atoms with Crippen LogP contribution in [0.5, 0.6) is 17.4 Å². The van der Waals surface area contributed by atoms with Crippen LogP contribution < -0.4 is 20.1 Å². The molecule has 2 aromatic heterocycles. The molecule has 33 heavy (non-hydrogen) atoms. The molecule has 0 bridgehead atoms. The van der Waals surface area contributed by atoms with Gasteiger partial charge in [0.15, 0.2) is 5.82 Å². The number of ether oxygens (including phenoxy) is 3. The normalized spacial score (nSPS) is 13.9. The van der Waals surface area contributed by atoms with Crippen LogP contribution in [0.3, 0.4) is 0 Å². The molecule has 1 fully saturated rings. The summed E-state index contributed by atoms with van der Waals surface area (Å²) in [5, 5.41) is 10.2. The highest BCUT2D eigenvalue weighted by molar-refractivity contribution is 6.04. The molecule has 0 radical (unpaired) electrons. The second-order valence-electron chi connectivity index (χ2n) is 8.07. The molecule has 1 aliphatic carbocycles. The Labute approximate surface area is 192 Å². The van der Waals surface area contributed by atoms with Crippen molar-refractivity contribution in [3.8, 4) is 17.4 Å². The van der Waals surface area contributed by atoms with Gasteiger partial charge in [-0.15, -0.1) is 0 Å². The van der Waals surface area contributed by atoms with E-state index < -0.39 is 0 Å². The number of carbonyl (C=O) groups excluding carboxylic acids is 1. The first-order chi connectivity index (χ1) is 16.0. The van der Waals surface area contributed by atoms with E-state index in [4.69, 9.17) is 14.2 Å². The lowest BCUT2D eigenvalue weighted by Crippen LogP contribution is -2.18. The van der Waals surface area contributed by atoms with E-state index in [1.807, 2.05) is 6.92 Å². The number of aromatic nitrogens is 4. The van der Waals surface area contributed by atoms with Crippen molar-refractivity contribution in [1.29, 1.82) is 0 Å². The minimum Gasteiger partial charge on any atom is -0.488 e. The Morgan fingerprint density at radius 1 is 1.18 bits per heavy atom. The fourth-order valence-corrected chi connectivity index (χ4v) is 3.15. The lowest BCUT2D eigenvalue weighted by Gasteiger charge is -2.16. The zero-order chi connectivity index (χ0) is 23.2. The second kappa shape index (κ2) is 10.3. The number of aryl methyl sites for hydroxylation is 1. The van der Waals surface area contributed by atoms with Gasteiger partial charge in [-0.25, -0.2) is 9.97 Å². The van der Waals surface area contributed by atoms with Gasteiger partial charge in [0.25, 0.3) is 5.91 Å². The van der Waals surface area contributed by atoms with Crippen LogP contribution in [-0.2, 0) is 11.8 Å². The molecule has 2 heterocycles. The van der Waals surface area contributed by atoms with Gasteiger partial charge in [0.1, 0.15) is 23.4 Å². The number of hydrogen-bond acceptors (Lipinski definition) is 8. The van der Waals surface area contributed by atoms with Crippen molar-refractivity contribution in [2.75, 3.05) is 30.9 Å². The van der Waals surface area contributed by atoms with Crippen molar-refractivity contribution >= 4 is 17.5 Å². The Morgan fingerprint density at radius 2 is 2.00 bits per heavy atom. The Balaban J connectivity index is 1.50. The van der Waals surface area contributed by atoms with E-state index in [9.17, 15) is 4.79 Å². The average molecular weight is 453 g/mol. The largest absolute Gasteiger partial charge is 0.488 e. The number of rotatable bonds is 11. The molecular formula is C23H28N6O4. The van der Waals surface area contributed by atoms with Crippen LogP contribution in [0.2, 0.25) is 0 Å². The zero-order valence-electron chi connectivity index (χ0n) is 18.9. The van der Waals surface area contributed by atoms with Gasteiger partial charge in [-0.3, -0.25) is 9.48 Å². The van der Waals surface area contributed by atoms with Gasteiger partial charge in [-0.05, 0) is 37.8 Å². The molecule has 0 unspecified atom stereocenters. The van der Waals surface area contributed by atoms with E-state index in [2.05, 4.69) is 25.7 Å². The van der Waals surface area contributed by atoms with Crippen molar-refractivity contribution in [3.05, 3.63) is 48.4 Å².